The molecule has 0 spiro atoms. The monoisotopic (exact) mass is 286 g/mol. The van der Waals surface area contributed by atoms with Crippen molar-refractivity contribution in [1.82, 2.24) is 0 Å². The Balaban J connectivity index is 2.33. The third kappa shape index (κ3) is 3.13. The van der Waals surface area contributed by atoms with E-state index in [-0.39, 0.29) is 22.4 Å². The second kappa shape index (κ2) is 5.83. The lowest BCUT2D eigenvalue weighted by atomic mass is 10.0. The molecule has 0 heterocycles. The van der Waals surface area contributed by atoms with Gasteiger partial charge in [0, 0.05) is 22.9 Å². The first-order valence-corrected chi connectivity index (χ1v) is 6.70. The molecule has 2 aromatic carbocycles. The van der Waals surface area contributed by atoms with Crippen molar-refractivity contribution in [3.8, 4) is 5.75 Å². The van der Waals surface area contributed by atoms with Crippen LogP contribution in [0.1, 0.15) is 29.7 Å². The highest BCUT2D eigenvalue weighted by Crippen LogP contribution is 2.31. The maximum Gasteiger partial charge on any atom is 0.274 e. The number of aromatic hydroxyl groups is 1. The van der Waals surface area contributed by atoms with E-state index in [0.29, 0.717) is 11.3 Å². The summed E-state index contributed by atoms with van der Waals surface area (Å²) in [5, 5.41) is 24.1. The van der Waals surface area contributed by atoms with E-state index in [2.05, 4.69) is 5.32 Å². The van der Waals surface area contributed by atoms with Gasteiger partial charge in [0.05, 0.1) is 11.0 Å². The SMILES string of the molecule is Cc1cc(C)c([N+](=O)[O-])cc1NC(C)c1ccccc1O. The van der Waals surface area contributed by atoms with Gasteiger partial charge in [-0.15, -0.1) is 0 Å². The number of nitrogens with zero attached hydrogens (tertiary/aromatic N) is 1. The Bertz CT molecular complexity index is 683. The van der Waals surface area contributed by atoms with E-state index < -0.39 is 0 Å². The van der Waals surface area contributed by atoms with Crippen molar-refractivity contribution in [2.75, 3.05) is 5.32 Å². The van der Waals surface area contributed by atoms with E-state index in [1.165, 1.54) is 0 Å². The summed E-state index contributed by atoms with van der Waals surface area (Å²) >= 11 is 0. The van der Waals surface area contributed by atoms with Gasteiger partial charge in [0.2, 0.25) is 0 Å². The van der Waals surface area contributed by atoms with Crippen LogP contribution in [-0.4, -0.2) is 10.0 Å². The average molecular weight is 286 g/mol. The van der Waals surface area contributed by atoms with E-state index in [1.807, 2.05) is 26.0 Å². The van der Waals surface area contributed by atoms with E-state index in [1.54, 1.807) is 31.2 Å². The summed E-state index contributed by atoms with van der Waals surface area (Å²) < 4.78 is 0. The first-order valence-electron chi connectivity index (χ1n) is 6.70. The summed E-state index contributed by atoms with van der Waals surface area (Å²) in [5.74, 6) is 0.205. The Kier molecular flexibility index (Phi) is 4.12. The fourth-order valence-electron chi connectivity index (χ4n) is 2.36. The molecule has 0 aliphatic carbocycles. The zero-order valence-electron chi connectivity index (χ0n) is 12.3. The molecule has 0 fully saturated rings. The third-order valence-corrected chi connectivity index (χ3v) is 3.51. The van der Waals surface area contributed by atoms with Crippen molar-refractivity contribution in [1.29, 1.82) is 0 Å². The van der Waals surface area contributed by atoms with E-state index >= 15 is 0 Å². The lowest BCUT2D eigenvalue weighted by Crippen LogP contribution is -2.08. The standard InChI is InChI=1S/C16H18N2O3/c1-10-8-11(2)15(18(20)21)9-14(10)17-12(3)13-6-4-5-7-16(13)19/h4-9,12,17,19H,1-3H3. The zero-order chi connectivity index (χ0) is 15.6. The van der Waals surface area contributed by atoms with E-state index in [0.717, 1.165) is 11.1 Å². The predicted octanol–water partition coefficient (Wildman–Crippen LogP) is 4.09. The molecule has 0 saturated heterocycles. The highest BCUT2D eigenvalue weighted by Gasteiger charge is 2.16. The average Bonchev–Trinajstić information content (AvgIpc) is 2.41. The number of anilines is 1. The van der Waals surface area contributed by atoms with Crippen LogP contribution < -0.4 is 5.32 Å². The quantitative estimate of drug-likeness (QED) is 0.655. The number of rotatable bonds is 4. The molecule has 21 heavy (non-hydrogen) atoms. The van der Waals surface area contributed by atoms with Gasteiger partial charge in [-0.05, 0) is 38.5 Å². The number of nitro groups is 1. The van der Waals surface area contributed by atoms with Crippen LogP contribution in [0.4, 0.5) is 11.4 Å². The van der Waals surface area contributed by atoms with Gasteiger partial charge in [0.15, 0.2) is 0 Å². The molecule has 2 rings (SSSR count). The van der Waals surface area contributed by atoms with Crippen molar-refractivity contribution in [3.05, 3.63) is 63.2 Å². The molecular formula is C16H18N2O3. The van der Waals surface area contributed by atoms with Crippen molar-refractivity contribution in [2.24, 2.45) is 0 Å². The second-order valence-corrected chi connectivity index (χ2v) is 5.14. The lowest BCUT2D eigenvalue weighted by Gasteiger charge is -2.18. The fraction of sp³-hybridized carbons (Fsp3) is 0.250. The molecule has 5 nitrogen and oxygen atoms in total. The molecule has 0 aliphatic heterocycles. The first kappa shape index (κ1) is 14.8. The van der Waals surface area contributed by atoms with Crippen LogP contribution in [0, 0.1) is 24.0 Å². The third-order valence-electron chi connectivity index (χ3n) is 3.51. The van der Waals surface area contributed by atoms with Crippen molar-refractivity contribution in [2.45, 2.75) is 26.8 Å². The maximum absolute atomic E-state index is 11.0. The summed E-state index contributed by atoms with van der Waals surface area (Å²) in [6.07, 6.45) is 0. The second-order valence-electron chi connectivity index (χ2n) is 5.14. The molecule has 0 radical (unpaired) electrons. The molecule has 0 amide bonds. The Morgan fingerprint density at radius 2 is 1.86 bits per heavy atom. The van der Waals surface area contributed by atoms with E-state index in [4.69, 9.17) is 0 Å². The predicted molar refractivity (Wildman–Crippen MR) is 82.7 cm³/mol. The van der Waals surface area contributed by atoms with Gasteiger partial charge in [0.1, 0.15) is 5.75 Å². The number of aryl methyl sites for hydroxylation is 2. The number of nitrogens with one attached hydrogen (secondary N) is 1. The van der Waals surface area contributed by atoms with Crippen LogP contribution in [0.5, 0.6) is 5.75 Å². The number of nitro benzene ring substituents is 1. The van der Waals surface area contributed by atoms with Gasteiger partial charge >= 0.3 is 0 Å². The molecule has 1 unspecified atom stereocenters. The first-order chi connectivity index (χ1) is 9.90. The van der Waals surface area contributed by atoms with Gasteiger partial charge in [-0.25, -0.2) is 0 Å². The van der Waals surface area contributed by atoms with Gasteiger partial charge in [-0.2, -0.15) is 0 Å². The summed E-state index contributed by atoms with van der Waals surface area (Å²) in [6, 6.07) is 10.2. The number of hydrogen-bond donors (Lipinski definition) is 2. The van der Waals surface area contributed by atoms with Crippen LogP contribution in [0.15, 0.2) is 36.4 Å². The number of hydrogen-bond acceptors (Lipinski definition) is 4. The molecule has 0 bridgehead atoms. The zero-order valence-corrected chi connectivity index (χ0v) is 12.3. The molecule has 1 atom stereocenters. The van der Waals surface area contributed by atoms with Crippen molar-refractivity contribution >= 4 is 11.4 Å². The van der Waals surface area contributed by atoms with Crippen molar-refractivity contribution < 1.29 is 10.0 Å². The van der Waals surface area contributed by atoms with Crippen LogP contribution in [0.3, 0.4) is 0 Å². The largest absolute Gasteiger partial charge is 0.508 e. The highest BCUT2D eigenvalue weighted by molar-refractivity contribution is 5.61. The Labute approximate surface area is 123 Å². The molecule has 2 N–H and O–H groups in total. The molecule has 0 aliphatic rings. The minimum Gasteiger partial charge on any atom is -0.508 e. The maximum atomic E-state index is 11.0. The molecule has 0 saturated carbocycles. The topological polar surface area (TPSA) is 75.4 Å². The summed E-state index contributed by atoms with van der Waals surface area (Å²) in [6.45, 7) is 5.53. The van der Waals surface area contributed by atoms with Crippen LogP contribution in [-0.2, 0) is 0 Å². The van der Waals surface area contributed by atoms with Crippen LogP contribution in [0.25, 0.3) is 0 Å². The minimum atomic E-state index is -0.384. The van der Waals surface area contributed by atoms with Crippen molar-refractivity contribution in [3.63, 3.8) is 0 Å². The number of benzene rings is 2. The molecule has 110 valence electrons. The van der Waals surface area contributed by atoms with Crippen LogP contribution in [0.2, 0.25) is 0 Å². The highest BCUT2D eigenvalue weighted by atomic mass is 16.6. The summed E-state index contributed by atoms with van der Waals surface area (Å²) in [4.78, 5) is 10.6. The van der Waals surface area contributed by atoms with Gasteiger partial charge in [-0.3, -0.25) is 10.1 Å². The number of phenols is 1. The normalized spacial score (nSPS) is 12.0. The number of phenolic OH excluding ortho intramolecular Hbond substituents is 1. The molecular weight excluding hydrogens is 268 g/mol. The van der Waals surface area contributed by atoms with Crippen LogP contribution >= 0.6 is 0 Å². The summed E-state index contributed by atoms with van der Waals surface area (Å²) in [7, 11) is 0. The Morgan fingerprint density at radius 1 is 1.19 bits per heavy atom. The lowest BCUT2D eigenvalue weighted by molar-refractivity contribution is -0.385. The minimum absolute atomic E-state index is 0.0904. The molecule has 2 aromatic rings. The van der Waals surface area contributed by atoms with Gasteiger partial charge < -0.3 is 10.4 Å². The fourth-order valence-corrected chi connectivity index (χ4v) is 2.36. The molecule has 0 aromatic heterocycles. The number of para-hydroxylation sites is 1. The smallest absolute Gasteiger partial charge is 0.274 e. The Hall–Kier alpha value is -2.56. The van der Waals surface area contributed by atoms with Gasteiger partial charge in [0.25, 0.3) is 5.69 Å². The molecule has 5 heteroatoms. The van der Waals surface area contributed by atoms with E-state index in [9.17, 15) is 15.2 Å². The summed E-state index contributed by atoms with van der Waals surface area (Å²) in [5.41, 5.74) is 3.11. The Morgan fingerprint density at radius 3 is 2.48 bits per heavy atom. The van der Waals surface area contributed by atoms with Gasteiger partial charge in [-0.1, -0.05) is 18.2 Å².